The number of rotatable bonds is 5. The molecule has 32 heavy (non-hydrogen) atoms. The fourth-order valence-corrected chi connectivity index (χ4v) is 5.74. The molecule has 0 unspecified atom stereocenters. The summed E-state index contributed by atoms with van der Waals surface area (Å²) in [5.41, 5.74) is 7.22. The number of anilines is 1. The number of aryl methyl sites for hydroxylation is 1. The van der Waals surface area contributed by atoms with Gasteiger partial charge in [-0.15, -0.1) is 0 Å². The number of carbonyl (C=O) groups is 1. The molecule has 0 saturated carbocycles. The predicted molar refractivity (Wildman–Crippen MR) is 131 cm³/mol. The van der Waals surface area contributed by atoms with Gasteiger partial charge in [-0.25, -0.2) is 0 Å². The van der Waals surface area contributed by atoms with Crippen molar-refractivity contribution < 1.29 is 9.90 Å². The average molecular weight is 464 g/mol. The standard InChI is InChI=1S/C25H22ClN3O2S/c1-15-12-21-23(17-5-7-18(26)8-6-17)20(13-22(30)31)16(2)24-25(21)28(15)10-11-29(24)32-19-4-3-9-27-14-19/h3-9,12,14H,10-11,13H2,1-2H3,(H,30,31). The first-order chi connectivity index (χ1) is 15.4. The molecule has 0 amide bonds. The molecule has 0 atom stereocenters. The Kier molecular flexibility index (Phi) is 5.35. The zero-order chi connectivity index (χ0) is 22.4. The van der Waals surface area contributed by atoms with Crippen LogP contribution in [0.2, 0.25) is 5.02 Å². The third-order valence-electron chi connectivity index (χ3n) is 5.99. The second kappa shape index (κ2) is 8.19. The number of pyridine rings is 1. The van der Waals surface area contributed by atoms with E-state index in [9.17, 15) is 9.90 Å². The Morgan fingerprint density at radius 2 is 1.97 bits per heavy atom. The van der Waals surface area contributed by atoms with Crippen molar-refractivity contribution in [3.05, 3.63) is 76.7 Å². The van der Waals surface area contributed by atoms with E-state index in [1.165, 1.54) is 5.69 Å². The molecule has 1 aliphatic heterocycles. The predicted octanol–water partition coefficient (Wildman–Crippen LogP) is 6.13. The van der Waals surface area contributed by atoms with Crippen molar-refractivity contribution in [2.24, 2.45) is 0 Å². The fraction of sp³-hybridized carbons (Fsp3) is 0.200. The molecular weight excluding hydrogens is 442 g/mol. The van der Waals surface area contributed by atoms with Crippen LogP contribution in [0.15, 0.2) is 59.8 Å². The van der Waals surface area contributed by atoms with Crippen LogP contribution in [0, 0.1) is 13.8 Å². The zero-order valence-electron chi connectivity index (χ0n) is 17.8. The van der Waals surface area contributed by atoms with E-state index in [1.807, 2.05) is 49.5 Å². The summed E-state index contributed by atoms with van der Waals surface area (Å²) in [5.74, 6) is -0.840. The van der Waals surface area contributed by atoms with Crippen molar-refractivity contribution in [3.8, 4) is 11.1 Å². The minimum absolute atomic E-state index is 0.0393. The Bertz CT molecular complexity index is 1330. The maximum atomic E-state index is 11.9. The Labute approximate surface area is 195 Å². The molecule has 0 fully saturated rings. The van der Waals surface area contributed by atoms with Gasteiger partial charge in [0.1, 0.15) is 0 Å². The molecule has 0 bridgehead atoms. The van der Waals surface area contributed by atoms with Crippen molar-refractivity contribution in [3.63, 3.8) is 0 Å². The average Bonchev–Trinajstić information content (AvgIpc) is 3.10. The molecule has 2 aromatic heterocycles. The summed E-state index contributed by atoms with van der Waals surface area (Å²) in [7, 11) is 0. The number of aliphatic carboxylic acids is 1. The highest BCUT2D eigenvalue weighted by molar-refractivity contribution is 8.00. The van der Waals surface area contributed by atoms with Crippen LogP contribution in [0.1, 0.15) is 16.8 Å². The molecule has 0 aliphatic carbocycles. The Morgan fingerprint density at radius 3 is 2.66 bits per heavy atom. The lowest BCUT2D eigenvalue weighted by Gasteiger charge is -2.33. The van der Waals surface area contributed by atoms with Crippen LogP contribution in [-0.4, -0.2) is 27.2 Å². The Balaban J connectivity index is 1.79. The first kappa shape index (κ1) is 20.9. The maximum Gasteiger partial charge on any atom is 0.307 e. The summed E-state index contributed by atoms with van der Waals surface area (Å²) >= 11 is 7.79. The molecule has 3 heterocycles. The molecular formula is C25H22ClN3O2S. The van der Waals surface area contributed by atoms with Gasteiger partial charge in [0.2, 0.25) is 0 Å². The van der Waals surface area contributed by atoms with Gasteiger partial charge in [-0.1, -0.05) is 23.7 Å². The number of halogens is 1. The Hall–Kier alpha value is -2.96. The summed E-state index contributed by atoms with van der Waals surface area (Å²) in [4.78, 5) is 17.2. The maximum absolute atomic E-state index is 11.9. The van der Waals surface area contributed by atoms with Crippen molar-refractivity contribution in [1.29, 1.82) is 0 Å². The summed E-state index contributed by atoms with van der Waals surface area (Å²) in [6, 6.07) is 13.8. The van der Waals surface area contributed by atoms with Gasteiger partial charge < -0.3 is 14.0 Å². The van der Waals surface area contributed by atoms with Crippen LogP contribution in [0.5, 0.6) is 0 Å². The lowest BCUT2D eigenvalue weighted by molar-refractivity contribution is -0.136. The SMILES string of the molecule is Cc1c(CC(=O)O)c(-c2ccc(Cl)cc2)c2cc(C)n3c2c1N(Sc1cccnc1)CC3. The number of hydrogen-bond acceptors (Lipinski definition) is 4. The summed E-state index contributed by atoms with van der Waals surface area (Å²) < 4.78 is 4.63. The van der Waals surface area contributed by atoms with Gasteiger partial charge in [0, 0.05) is 46.5 Å². The van der Waals surface area contributed by atoms with Crippen LogP contribution >= 0.6 is 23.5 Å². The monoisotopic (exact) mass is 463 g/mol. The molecule has 1 N–H and O–H groups in total. The van der Waals surface area contributed by atoms with Crippen LogP contribution in [-0.2, 0) is 17.8 Å². The van der Waals surface area contributed by atoms with Gasteiger partial charge in [-0.3, -0.25) is 9.78 Å². The van der Waals surface area contributed by atoms with Crippen molar-refractivity contribution in [2.75, 3.05) is 10.8 Å². The zero-order valence-corrected chi connectivity index (χ0v) is 19.4. The van der Waals surface area contributed by atoms with E-state index < -0.39 is 5.97 Å². The molecule has 0 spiro atoms. The summed E-state index contributed by atoms with van der Waals surface area (Å²) in [5, 5.41) is 11.5. The van der Waals surface area contributed by atoms with E-state index in [0.29, 0.717) is 5.02 Å². The number of carboxylic acid groups (broad SMARTS) is 1. The van der Waals surface area contributed by atoms with E-state index in [-0.39, 0.29) is 6.42 Å². The molecule has 0 radical (unpaired) electrons. The minimum Gasteiger partial charge on any atom is -0.481 e. The summed E-state index contributed by atoms with van der Waals surface area (Å²) in [6.45, 7) is 5.85. The largest absolute Gasteiger partial charge is 0.481 e. The molecule has 0 saturated heterocycles. The van der Waals surface area contributed by atoms with Crippen LogP contribution in [0.4, 0.5) is 5.69 Å². The summed E-state index contributed by atoms with van der Waals surface area (Å²) in [6.07, 6.45) is 3.59. The highest BCUT2D eigenvalue weighted by Crippen LogP contribution is 2.47. The molecule has 4 aromatic rings. The highest BCUT2D eigenvalue weighted by Gasteiger charge is 2.29. The third kappa shape index (κ3) is 3.53. The molecule has 5 rings (SSSR count). The van der Waals surface area contributed by atoms with Gasteiger partial charge >= 0.3 is 5.97 Å². The van der Waals surface area contributed by atoms with Crippen molar-refractivity contribution in [2.45, 2.75) is 31.7 Å². The van der Waals surface area contributed by atoms with Crippen molar-refractivity contribution >= 4 is 46.1 Å². The number of aromatic nitrogens is 2. The van der Waals surface area contributed by atoms with Crippen LogP contribution in [0.3, 0.4) is 0 Å². The molecule has 1 aliphatic rings. The molecule has 2 aromatic carbocycles. The molecule has 162 valence electrons. The van der Waals surface area contributed by atoms with Crippen LogP contribution < -0.4 is 4.31 Å². The molecule has 5 nitrogen and oxygen atoms in total. The second-order valence-corrected chi connectivity index (χ2v) is 9.52. The topological polar surface area (TPSA) is 58.4 Å². The number of hydrogen-bond donors (Lipinski definition) is 1. The quantitative estimate of drug-likeness (QED) is 0.361. The van der Waals surface area contributed by atoms with Gasteiger partial charge in [0.15, 0.2) is 0 Å². The number of carboxylic acids is 1. The lowest BCUT2D eigenvalue weighted by atomic mass is 9.89. The second-order valence-electron chi connectivity index (χ2n) is 7.99. The fourth-order valence-electron chi connectivity index (χ4n) is 4.63. The van der Waals surface area contributed by atoms with Gasteiger partial charge in [-0.05, 0) is 78.4 Å². The van der Waals surface area contributed by atoms with Gasteiger partial charge in [-0.2, -0.15) is 0 Å². The number of benzene rings is 2. The first-order valence-corrected chi connectivity index (χ1v) is 11.6. The normalized spacial score (nSPS) is 13.0. The smallest absolute Gasteiger partial charge is 0.307 e. The van der Waals surface area contributed by atoms with Crippen LogP contribution in [0.25, 0.3) is 22.0 Å². The molecule has 7 heteroatoms. The van der Waals surface area contributed by atoms with Gasteiger partial charge in [0.05, 0.1) is 17.6 Å². The lowest BCUT2D eigenvalue weighted by Crippen LogP contribution is -2.27. The van der Waals surface area contributed by atoms with E-state index in [0.717, 1.165) is 56.8 Å². The van der Waals surface area contributed by atoms with E-state index in [1.54, 1.807) is 18.1 Å². The van der Waals surface area contributed by atoms with E-state index >= 15 is 0 Å². The number of nitrogens with zero attached hydrogens (tertiary/aromatic N) is 3. The highest BCUT2D eigenvalue weighted by atomic mass is 35.5. The minimum atomic E-state index is -0.840. The first-order valence-electron chi connectivity index (χ1n) is 10.4. The van der Waals surface area contributed by atoms with Crippen molar-refractivity contribution in [1.82, 2.24) is 9.55 Å². The van der Waals surface area contributed by atoms with E-state index in [2.05, 4.69) is 26.8 Å². The van der Waals surface area contributed by atoms with E-state index in [4.69, 9.17) is 11.6 Å². The Morgan fingerprint density at radius 1 is 1.19 bits per heavy atom. The van der Waals surface area contributed by atoms with Gasteiger partial charge in [0.25, 0.3) is 0 Å². The third-order valence-corrected chi connectivity index (χ3v) is 7.28.